The quantitative estimate of drug-likeness (QED) is 0.552. The van der Waals surface area contributed by atoms with Gasteiger partial charge in [0.25, 0.3) is 0 Å². The van der Waals surface area contributed by atoms with Crippen LogP contribution in [0, 0.1) is 0 Å². The van der Waals surface area contributed by atoms with Gasteiger partial charge in [-0.05, 0) is 12.8 Å². The molecule has 4 N–H and O–H groups in total. The van der Waals surface area contributed by atoms with Gasteiger partial charge in [-0.15, -0.1) is 0 Å². The fraction of sp³-hybridized carbons (Fsp3) is 0.750. The molecule has 76 valence electrons. The van der Waals surface area contributed by atoms with E-state index in [1.54, 1.807) is 13.8 Å². The minimum absolute atomic E-state index is 0.359. The number of hydrogen-bond donors (Lipinski definition) is 3. The van der Waals surface area contributed by atoms with E-state index in [0.717, 1.165) is 0 Å². The number of carboxylic acids is 1. The SMILES string of the molecule is CCC(NC(=O)[C@H](N)CC)C(=O)O. The lowest BCUT2D eigenvalue weighted by molar-refractivity contribution is -0.142. The maximum atomic E-state index is 11.1. The van der Waals surface area contributed by atoms with Crippen LogP contribution in [0.25, 0.3) is 0 Å². The number of amides is 1. The first-order valence-corrected chi connectivity index (χ1v) is 4.31. The van der Waals surface area contributed by atoms with Gasteiger partial charge in [0.1, 0.15) is 6.04 Å². The van der Waals surface area contributed by atoms with Crippen molar-refractivity contribution in [1.29, 1.82) is 0 Å². The second kappa shape index (κ2) is 5.53. The summed E-state index contributed by atoms with van der Waals surface area (Å²) in [6, 6.07) is -1.45. The number of rotatable bonds is 5. The molecular formula is C8H16N2O3. The Bertz CT molecular complexity index is 194. The van der Waals surface area contributed by atoms with E-state index < -0.39 is 24.0 Å². The topological polar surface area (TPSA) is 92.4 Å². The van der Waals surface area contributed by atoms with Gasteiger partial charge in [0.05, 0.1) is 6.04 Å². The molecule has 2 atom stereocenters. The van der Waals surface area contributed by atoms with Crippen LogP contribution in [0.3, 0.4) is 0 Å². The van der Waals surface area contributed by atoms with Crippen LogP contribution in [0.5, 0.6) is 0 Å². The summed E-state index contributed by atoms with van der Waals surface area (Å²) in [7, 11) is 0. The molecule has 13 heavy (non-hydrogen) atoms. The molecule has 0 saturated heterocycles. The first-order chi connectivity index (χ1) is 6.02. The molecule has 0 heterocycles. The van der Waals surface area contributed by atoms with Crippen molar-refractivity contribution in [2.45, 2.75) is 38.8 Å². The number of aliphatic carboxylic acids is 1. The molecule has 0 saturated carbocycles. The lowest BCUT2D eigenvalue weighted by atomic mass is 10.2. The van der Waals surface area contributed by atoms with Gasteiger partial charge in [-0.2, -0.15) is 0 Å². The van der Waals surface area contributed by atoms with E-state index >= 15 is 0 Å². The molecule has 5 heteroatoms. The maximum Gasteiger partial charge on any atom is 0.326 e. The summed E-state index contributed by atoms with van der Waals surface area (Å²) in [5.41, 5.74) is 5.41. The first-order valence-electron chi connectivity index (χ1n) is 4.31. The van der Waals surface area contributed by atoms with Gasteiger partial charge in [-0.25, -0.2) is 4.79 Å². The van der Waals surface area contributed by atoms with Gasteiger partial charge in [0.15, 0.2) is 0 Å². The number of carbonyl (C=O) groups excluding carboxylic acids is 1. The van der Waals surface area contributed by atoms with E-state index in [-0.39, 0.29) is 0 Å². The molecule has 1 amide bonds. The lowest BCUT2D eigenvalue weighted by Gasteiger charge is -2.15. The molecule has 0 fully saturated rings. The zero-order valence-electron chi connectivity index (χ0n) is 7.91. The molecule has 5 nitrogen and oxygen atoms in total. The molecule has 0 spiro atoms. The Morgan fingerprint density at radius 1 is 1.38 bits per heavy atom. The lowest BCUT2D eigenvalue weighted by Crippen LogP contribution is -2.47. The van der Waals surface area contributed by atoms with Crippen LogP contribution in [0.15, 0.2) is 0 Å². The van der Waals surface area contributed by atoms with Gasteiger partial charge in [0.2, 0.25) is 5.91 Å². The second-order valence-electron chi connectivity index (χ2n) is 2.82. The minimum Gasteiger partial charge on any atom is -0.480 e. The number of nitrogens with two attached hydrogens (primary N) is 1. The molecule has 0 aromatic heterocycles. The third kappa shape index (κ3) is 3.89. The molecule has 0 aromatic carbocycles. The van der Waals surface area contributed by atoms with Gasteiger partial charge < -0.3 is 16.2 Å². The van der Waals surface area contributed by atoms with E-state index in [1.807, 2.05) is 0 Å². The number of nitrogens with one attached hydrogen (secondary N) is 1. The Balaban J connectivity index is 4.09. The molecular weight excluding hydrogens is 172 g/mol. The zero-order valence-corrected chi connectivity index (χ0v) is 7.91. The molecule has 0 rings (SSSR count). The van der Waals surface area contributed by atoms with Crippen molar-refractivity contribution in [2.75, 3.05) is 0 Å². The molecule has 0 aliphatic carbocycles. The highest BCUT2D eigenvalue weighted by atomic mass is 16.4. The standard InChI is InChI=1S/C8H16N2O3/c1-3-5(9)7(11)10-6(4-2)8(12)13/h5-6H,3-4,9H2,1-2H3,(H,10,11)(H,12,13)/t5-,6?/m1/s1. The van der Waals surface area contributed by atoms with Crippen molar-refractivity contribution in [3.63, 3.8) is 0 Å². The highest BCUT2D eigenvalue weighted by molar-refractivity contribution is 5.86. The highest BCUT2D eigenvalue weighted by Gasteiger charge is 2.20. The normalized spacial score (nSPS) is 14.7. The van der Waals surface area contributed by atoms with Gasteiger partial charge in [0, 0.05) is 0 Å². The fourth-order valence-electron chi connectivity index (χ4n) is 0.803. The molecule has 0 aromatic rings. The fourth-order valence-corrected chi connectivity index (χ4v) is 0.803. The summed E-state index contributed by atoms with van der Waals surface area (Å²) >= 11 is 0. The Kier molecular flexibility index (Phi) is 5.06. The van der Waals surface area contributed by atoms with Crippen LogP contribution in [-0.4, -0.2) is 29.1 Å². The number of carbonyl (C=O) groups is 2. The van der Waals surface area contributed by atoms with Crippen LogP contribution < -0.4 is 11.1 Å². The Labute approximate surface area is 77.3 Å². The second-order valence-corrected chi connectivity index (χ2v) is 2.82. The summed E-state index contributed by atoms with van der Waals surface area (Å²) in [6.45, 7) is 3.46. The van der Waals surface area contributed by atoms with E-state index in [9.17, 15) is 9.59 Å². The van der Waals surface area contributed by atoms with E-state index in [4.69, 9.17) is 10.8 Å². The summed E-state index contributed by atoms with van der Waals surface area (Å²) in [4.78, 5) is 21.7. The molecule has 0 bridgehead atoms. The molecule has 0 aliphatic heterocycles. The van der Waals surface area contributed by atoms with E-state index in [1.165, 1.54) is 0 Å². The monoisotopic (exact) mass is 188 g/mol. The van der Waals surface area contributed by atoms with Crippen molar-refractivity contribution < 1.29 is 14.7 Å². The van der Waals surface area contributed by atoms with Crippen LogP contribution >= 0.6 is 0 Å². The summed E-state index contributed by atoms with van der Waals surface area (Å²) in [5, 5.41) is 11.0. The predicted octanol–water partition coefficient (Wildman–Crippen LogP) is -0.297. The van der Waals surface area contributed by atoms with Crippen molar-refractivity contribution >= 4 is 11.9 Å². The summed E-state index contributed by atoms with van der Waals surface area (Å²) in [6.07, 6.45) is 0.861. The maximum absolute atomic E-state index is 11.1. The molecule has 0 radical (unpaired) electrons. The first kappa shape index (κ1) is 11.9. The van der Waals surface area contributed by atoms with Crippen LogP contribution in [0.1, 0.15) is 26.7 Å². The Morgan fingerprint density at radius 3 is 2.23 bits per heavy atom. The van der Waals surface area contributed by atoms with Gasteiger partial charge >= 0.3 is 5.97 Å². The van der Waals surface area contributed by atoms with Gasteiger partial charge in [-0.1, -0.05) is 13.8 Å². The van der Waals surface area contributed by atoms with Crippen molar-refractivity contribution in [1.82, 2.24) is 5.32 Å². The third-order valence-corrected chi connectivity index (χ3v) is 1.80. The molecule has 0 aliphatic rings. The minimum atomic E-state index is -1.03. The van der Waals surface area contributed by atoms with Crippen LogP contribution in [0.2, 0.25) is 0 Å². The molecule has 1 unspecified atom stereocenters. The van der Waals surface area contributed by atoms with E-state index in [2.05, 4.69) is 5.32 Å². The average molecular weight is 188 g/mol. The van der Waals surface area contributed by atoms with Crippen LogP contribution in [-0.2, 0) is 9.59 Å². The number of hydrogen-bond acceptors (Lipinski definition) is 3. The zero-order chi connectivity index (χ0) is 10.4. The number of carboxylic acid groups (broad SMARTS) is 1. The highest BCUT2D eigenvalue weighted by Crippen LogP contribution is 1.93. The van der Waals surface area contributed by atoms with Crippen LogP contribution in [0.4, 0.5) is 0 Å². The Hall–Kier alpha value is -1.10. The van der Waals surface area contributed by atoms with Gasteiger partial charge in [-0.3, -0.25) is 4.79 Å². The third-order valence-electron chi connectivity index (χ3n) is 1.80. The largest absolute Gasteiger partial charge is 0.480 e. The van der Waals surface area contributed by atoms with E-state index in [0.29, 0.717) is 12.8 Å². The van der Waals surface area contributed by atoms with Crippen molar-refractivity contribution in [3.05, 3.63) is 0 Å². The van der Waals surface area contributed by atoms with Crippen molar-refractivity contribution in [3.8, 4) is 0 Å². The predicted molar refractivity (Wildman–Crippen MR) is 48.1 cm³/mol. The summed E-state index contributed by atoms with van der Waals surface area (Å²) in [5.74, 6) is -1.43. The smallest absolute Gasteiger partial charge is 0.326 e. The Morgan fingerprint density at radius 2 is 1.92 bits per heavy atom. The van der Waals surface area contributed by atoms with Crippen molar-refractivity contribution in [2.24, 2.45) is 5.73 Å². The summed E-state index contributed by atoms with van der Waals surface area (Å²) < 4.78 is 0. The average Bonchev–Trinajstić information content (AvgIpc) is 2.11.